The summed E-state index contributed by atoms with van der Waals surface area (Å²) in [6, 6.07) is 6.32. The van der Waals surface area contributed by atoms with Crippen molar-refractivity contribution in [2.45, 2.75) is 13.5 Å². The Balaban J connectivity index is 2.12. The van der Waals surface area contributed by atoms with Gasteiger partial charge in [0.2, 0.25) is 5.88 Å². The lowest BCUT2D eigenvalue weighted by atomic mass is 10.3. The highest BCUT2D eigenvalue weighted by molar-refractivity contribution is 9.10. The van der Waals surface area contributed by atoms with Crippen molar-refractivity contribution in [1.29, 1.82) is 0 Å². The standard InChI is InChI=1S/C14H13BrClFN2O/c1-2-18-7-9-3-4-14(19-8-9)20-13-6-12(17)11(16)5-10(13)15/h3-6,8,18H,2,7H2,1H3. The van der Waals surface area contributed by atoms with E-state index in [0.717, 1.165) is 18.7 Å². The van der Waals surface area contributed by atoms with E-state index in [1.807, 2.05) is 13.0 Å². The number of ether oxygens (including phenoxy) is 1. The van der Waals surface area contributed by atoms with Crippen LogP contribution in [0.1, 0.15) is 12.5 Å². The van der Waals surface area contributed by atoms with Gasteiger partial charge in [0.05, 0.1) is 9.50 Å². The van der Waals surface area contributed by atoms with Crippen molar-refractivity contribution in [3.8, 4) is 11.6 Å². The SMILES string of the molecule is CCNCc1ccc(Oc2cc(F)c(Cl)cc2Br)nc1. The molecule has 1 aromatic carbocycles. The van der Waals surface area contributed by atoms with Crippen LogP contribution in [0, 0.1) is 5.82 Å². The first kappa shape index (κ1) is 15.2. The minimum absolute atomic E-state index is 0.0400. The minimum atomic E-state index is -0.534. The van der Waals surface area contributed by atoms with E-state index in [1.54, 1.807) is 12.3 Å². The van der Waals surface area contributed by atoms with Crippen LogP contribution in [0.5, 0.6) is 11.6 Å². The maximum atomic E-state index is 13.4. The lowest BCUT2D eigenvalue weighted by Crippen LogP contribution is -2.11. The third-order valence-electron chi connectivity index (χ3n) is 2.57. The molecule has 0 fully saturated rings. The molecule has 0 saturated heterocycles. The molecule has 0 aliphatic carbocycles. The van der Waals surface area contributed by atoms with Gasteiger partial charge >= 0.3 is 0 Å². The van der Waals surface area contributed by atoms with Crippen molar-refractivity contribution in [3.63, 3.8) is 0 Å². The molecular weight excluding hydrogens is 347 g/mol. The van der Waals surface area contributed by atoms with Gasteiger partial charge in [0.1, 0.15) is 11.6 Å². The van der Waals surface area contributed by atoms with Crippen molar-refractivity contribution < 1.29 is 9.13 Å². The summed E-state index contributed by atoms with van der Waals surface area (Å²) in [4.78, 5) is 4.18. The topological polar surface area (TPSA) is 34.1 Å². The molecule has 2 aromatic rings. The van der Waals surface area contributed by atoms with Crippen molar-refractivity contribution >= 4 is 27.5 Å². The predicted molar refractivity (Wildman–Crippen MR) is 80.8 cm³/mol. The third-order valence-corrected chi connectivity index (χ3v) is 3.48. The Morgan fingerprint density at radius 3 is 2.85 bits per heavy atom. The molecule has 0 aliphatic heterocycles. The van der Waals surface area contributed by atoms with Gasteiger partial charge in [-0.15, -0.1) is 0 Å². The fraction of sp³-hybridized carbons (Fsp3) is 0.214. The van der Waals surface area contributed by atoms with Crippen LogP contribution in [-0.4, -0.2) is 11.5 Å². The van der Waals surface area contributed by atoms with E-state index >= 15 is 0 Å². The molecule has 0 unspecified atom stereocenters. The highest BCUT2D eigenvalue weighted by Crippen LogP contribution is 2.33. The molecule has 1 N–H and O–H groups in total. The molecule has 1 heterocycles. The molecule has 0 radical (unpaired) electrons. The predicted octanol–water partition coefficient (Wildman–Crippen LogP) is 4.54. The first-order valence-electron chi connectivity index (χ1n) is 6.08. The van der Waals surface area contributed by atoms with E-state index in [9.17, 15) is 4.39 Å². The van der Waals surface area contributed by atoms with Crippen LogP contribution < -0.4 is 10.1 Å². The van der Waals surface area contributed by atoms with E-state index < -0.39 is 5.82 Å². The largest absolute Gasteiger partial charge is 0.438 e. The van der Waals surface area contributed by atoms with Gasteiger partial charge in [-0.05, 0) is 34.1 Å². The monoisotopic (exact) mass is 358 g/mol. The Hall–Kier alpha value is -1.17. The number of pyridine rings is 1. The molecule has 1 aromatic heterocycles. The van der Waals surface area contributed by atoms with Gasteiger partial charge in [-0.3, -0.25) is 0 Å². The molecule has 3 nitrogen and oxygen atoms in total. The van der Waals surface area contributed by atoms with E-state index in [1.165, 1.54) is 12.1 Å². The van der Waals surface area contributed by atoms with Gasteiger partial charge in [0.15, 0.2) is 0 Å². The zero-order valence-corrected chi connectivity index (χ0v) is 13.1. The molecule has 106 valence electrons. The number of rotatable bonds is 5. The molecule has 0 atom stereocenters. The summed E-state index contributed by atoms with van der Waals surface area (Å²) < 4.78 is 19.5. The zero-order chi connectivity index (χ0) is 14.5. The highest BCUT2D eigenvalue weighted by Gasteiger charge is 2.09. The summed E-state index contributed by atoms with van der Waals surface area (Å²) >= 11 is 8.95. The molecule has 0 aliphatic rings. The summed E-state index contributed by atoms with van der Waals surface area (Å²) in [7, 11) is 0. The second-order valence-corrected chi connectivity index (χ2v) is 5.35. The summed E-state index contributed by atoms with van der Waals surface area (Å²) in [5.74, 6) is 0.195. The fourth-order valence-electron chi connectivity index (χ4n) is 1.54. The number of aromatic nitrogens is 1. The van der Waals surface area contributed by atoms with Crippen LogP contribution in [0.15, 0.2) is 34.9 Å². The van der Waals surface area contributed by atoms with Gasteiger partial charge in [-0.25, -0.2) is 9.37 Å². The Kier molecular flexibility index (Phi) is 5.34. The van der Waals surface area contributed by atoms with Crippen LogP contribution in [0.3, 0.4) is 0 Å². The first-order chi connectivity index (χ1) is 9.60. The Morgan fingerprint density at radius 2 is 2.20 bits per heavy atom. The molecular formula is C14H13BrClFN2O. The number of benzene rings is 1. The molecule has 2 rings (SSSR count). The number of nitrogens with zero attached hydrogens (tertiary/aromatic N) is 1. The fourth-order valence-corrected chi connectivity index (χ4v) is 2.26. The quantitative estimate of drug-likeness (QED) is 0.796. The van der Waals surface area contributed by atoms with Crippen molar-refractivity contribution in [3.05, 3.63) is 51.3 Å². The second-order valence-electron chi connectivity index (χ2n) is 4.08. The highest BCUT2D eigenvalue weighted by atomic mass is 79.9. The normalized spacial score (nSPS) is 10.6. The Morgan fingerprint density at radius 1 is 1.40 bits per heavy atom. The van der Waals surface area contributed by atoms with Gasteiger partial charge in [0.25, 0.3) is 0 Å². The summed E-state index contributed by atoms with van der Waals surface area (Å²) in [6.45, 7) is 3.69. The lowest BCUT2D eigenvalue weighted by molar-refractivity contribution is 0.454. The van der Waals surface area contributed by atoms with Gasteiger partial charge < -0.3 is 10.1 Å². The Labute approximate surface area is 130 Å². The second kappa shape index (κ2) is 7.02. The number of nitrogens with one attached hydrogen (secondary N) is 1. The third kappa shape index (κ3) is 3.91. The first-order valence-corrected chi connectivity index (χ1v) is 7.25. The maximum Gasteiger partial charge on any atom is 0.219 e. The molecule has 0 bridgehead atoms. The molecule has 0 saturated carbocycles. The molecule has 0 amide bonds. The number of hydrogen-bond donors (Lipinski definition) is 1. The van der Waals surface area contributed by atoms with Crippen molar-refractivity contribution in [2.24, 2.45) is 0 Å². The average molecular weight is 360 g/mol. The van der Waals surface area contributed by atoms with Crippen molar-refractivity contribution in [2.75, 3.05) is 6.54 Å². The van der Waals surface area contributed by atoms with Crippen LogP contribution in [-0.2, 0) is 6.54 Å². The molecule has 6 heteroatoms. The van der Waals surface area contributed by atoms with Gasteiger partial charge in [-0.2, -0.15) is 0 Å². The van der Waals surface area contributed by atoms with Gasteiger partial charge in [0, 0.05) is 24.9 Å². The zero-order valence-electron chi connectivity index (χ0n) is 10.8. The smallest absolute Gasteiger partial charge is 0.219 e. The van der Waals surface area contributed by atoms with E-state index in [-0.39, 0.29) is 5.02 Å². The van der Waals surface area contributed by atoms with Crippen LogP contribution >= 0.6 is 27.5 Å². The minimum Gasteiger partial charge on any atom is -0.438 e. The van der Waals surface area contributed by atoms with Crippen molar-refractivity contribution in [1.82, 2.24) is 10.3 Å². The van der Waals surface area contributed by atoms with Crippen LogP contribution in [0.2, 0.25) is 5.02 Å². The summed E-state index contributed by atoms with van der Waals surface area (Å²) in [5.41, 5.74) is 1.06. The molecule has 20 heavy (non-hydrogen) atoms. The maximum absolute atomic E-state index is 13.4. The number of halogens is 3. The van der Waals surface area contributed by atoms with Crippen LogP contribution in [0.4, 0.5) is 4.39 Å². The molecule has 0 spiro atoms. The Bertz CT molecular complexity index is 592. The van der Waals surface area contributed by atoms with E-state index in [2.05, 4.69) is 26.2 Å². The van der Waals surface area contributed by atoms with Crippen LogP contribution in [0.25, 0.3) is 0 Å². The number of hydrogen-bond acceptors (Lipinski definition) is 3. The van der Waals surface area contributed by atoms with E-state index in [0.29, 0.717) is 16.1 Å². The average Bonchev–Trinajstić information content (AvgIpc) is 2.44. The summed E-state index contributed by atoms with van der Waals surface area (Å²) in [6.07, 6.45) is 1.72. The van der Waals surface area contributed by atoms with Gasteiger partial charge in [-0.1, -0.05) is 24.6 Å². The summed E-state index contributed by atoms with van der Waals surface area (Å²) in [5, 5.41) is 3.24. The lowest BCUT2D eigenvalue weighted by Gasteiger charge is -2.08. The van der Waals surface area contributed by atoms with E-state index in [4.69, 9.17) is 16.3 Å².